The molecule has 3 aromatic heterocycles. The van der Waals surface area contributed by atoms with E-state index in [2.05, 4.69) is 0 Å². The predicted molar refractivity (Wildman–Crippen MR) is 194 cm³/mol. The Bertz CT molecular complexity index is 3350. The van der Waals surface area contributed by atoms with Gasteiger partial charge in [-0.25, -0.2) is 15.0 Å². The number of fused-ring (bicyclic) bond motifs is 8. The van der Waals surface area contributed by atoms with Crippen LogP contribution in [-0.4, -0.2) is 15.0 Å². The molecule has 10 aromatic rings. The molecule has 0 aliphatic carbocycles. The summed E-state index contributed by atoms with van der Waals surface area (Å²) in [5.74, 6) is 0.266. The lowest BCUT2D eigenvalue weighted by Gasteiger charge is -2.12. The predicted octanol–water partition coefficient (Wildman–Crippen LogP) is 11.5. The van der Waals surface area contributed by atoms with Crippen LogP contribution in [0.1, 0.15) is 12.3 Å². The molecule has 0 fully saturated rings. The highest BCUT2D eigenvalue weighted by Crippen LogP contribution is 2.43. The third-order valence-corrected chi connectivity index (χ3v) is 8.49. The molecule has 0 bridgehead atoms. The highest BCUT2D eigenvalue weighted by atomic mass is 16.3. The van der Waals surface area contributed by atoms with E-state index >= 15 is 0 Å². The number of furan rings is 2. The molecule has 10 rings (SSSR count). The zero-order valence-corrected chi connectivity index (χ0v) is 24.9. The van der Waals surface area contributed by atoms with Crippen molar-refractivity contribution in [2.45, 2.75) is 0 Å². The molecule has 0 amide bonds. The Kier molecular flexibility index (Phi) is 4.18. The molecule has 3 heterocycles. The van der Waals surface area contributed by atoms with Crippen molar-refractivity contribution in [2.24, 2.45) is 0 Å². The first-order valence-corrected chi connectivity index (χ1v) is 15.2. The van der Waals surface area contributed by atoms with Crippen molar-refractivity contribution in [3.8, 4) is 45.3 Å². The van der Waals surface area contributed by atoms with Crippen molar-refractivity contribution in [3.05, 3.63) is 151 Å². The minimum atomic E-state index is -0.565. The van der Waals surface area contributed by atoms with E-state index in [1.165, 1.54) is 0 Å². The molecule has 0 atom stereocenters. The molecule has 0 unspecified atom stereocenters. The minimum Gasteiger partial charge on any atom is -0.455 e. The van der Waals surface area contributed by atoms with Gasteiger partial charge in [-0.05, 0) is 40.7 Å². The van der Waals surface area contributed by atoms with Gasteiger partial charge in [0.15, 0.2) is 17.5 Å². The van der Waals surface area contributed by atoms with Crippen LogP contribution >= 0.6 is 0 Å². The molecule has 7 aromatic carbocycles. The molecule has 0 aliphatic rings. The molecule has 0 aliphatic heterocycles. The SMILES string of the molecule is [2H]c1c([2H])c([2H])c2c(oc3c4c([2H])c([2H])c([2H])c([2H])c4c(-c4nc(-c5ccccc5)nc(-c5ccc(-c6ccccc6)c6c5oc5ccccc56)n4)c([2H])c32)c1[2H]. The summed E-state index contributed by atoms with van der Waals surface area (Å²) in [4.78, 5) is 14.8. The number of benzene rings is 7. The zero-order chi connectivity index (χ0) is 39.4. The first kappa shape index (κ1) is 19.2. The lowest BCUT2D eigenvalue weighted by molar-refractivity contribution is 0.669. The maximum absolute atomic E-state index is 9.73. The van der Waals surface area contributed by atoms with E-state index in [1.807, 2.05) is 97.1 Å². The van der Waals surface area contributed by atoms with Crippen LogP contribution in [0.4, 0.5) is 0 Å². The van der Waals surface area contributed by atoms with Crippen LogP contribution in [0, 0.1) is 0 Å². The van der Waals surface area contributed by atoms with Gasteiger partial charge in [0.2, 0.25) is 0 Å². The van der Waals surface area contributed by atoms with Gasteiger partial charge in [0.25, 0.3) is 0 Å². The third-order valence-electron chi connectivity index (χ3n) is 8.49. The fraction of sp³-hybridized carbons (Fsp3) is 0. The Balaban J connectivity index is 1.37. The average molecular weight is 625 g/mol. The minimum absolute atomic E-state index is 0.0698. The van der Waals surface area contributed by atoms with E-state index in [0.717, 1.165) is 21.9 Å². The van der Waals surface area contributed by atoms with Crippen LogP contribution in [0.3, 0.4) is 0 Å². The van der Waals surface area contributed by atoms with Crippen LogP contribution < -0.4 is 0 Å². The number of aromatic nitrogens is 3. The van der Waals surface area contributed by atoms with Crippen molar-refractivity contribution >= 4 is 54.6 Å². The number of hydrogen-bond donors (Lipinski definition) is 0. The van der Waals surface area contributed by atoms with Crippen molar-refractivity contribution in [1.29, 1.82) is 0 Å². The van der Waals surface area contributed by atoms with Crippen molar-refractivity contribution in [2.75, 3.05) is 0 Å². The Labute approximate surface area is 287 Å². The Morgan fingerprint density at radius 3 is 1.83 bits per heavy atom. The summed E-state index contributed by atoms with van der Waals surface area (Å²) in [5, 5.41) is 1.30. The summed E-state index contributed by atoms with van der Waals surface area (Å²) in [6, 6.07) is 26.1. The molecule has 48 heavy (non-hydrogen) atoms. The van der Waals surface area contributed by atoms with Gasteiger partial charge in [0.1, 0.15) is 22.3 Å². The largest absolute Gasteiger partial charge is 0.455 e. The summed E-state index contributed by atoms with van der Waals surface area (Å²) >= 11 is 0. The van der Waals surface area contributed by atoms with Crippen LogP contribution in [0.25, 0.3) is 99.9 Å². The second kappa shape index (κ2) is 10.5. The molecular weight excluding hydrogens is 590 g/mol. The monoisotopic (exact) mass is 624 g/mol. The summed E-state index contributed by atoms with van der Waals surface area (Å²) in [5.41, 5.74) is 3.63. The first-order valence-electron chi connectivity index (χ1n) is 19.7. The van der Waals surface area contributed by atoms with E-state index in [4.69, 9.17) is 34.8 Å². The van der Waals surface area contributed by atoms with E-state index in [1.54, 1.807) is 0 Å². The topological polar surface area (TPSA) is 65.0 Å². The van der Waals surface area contributed by atoms with Crippen LogP contribution in [-0.2, 0) is 0 Å². The second-order valence-electron chi connectivity index (χ2n) is 11.3. The highest BCUT2D eigenvalue weighted by molar-refractivity contribution is 6.19. The summed E-state index contributed by atoms with van der Waals surface area (Å²) in [6.07, 6.45) is 0. The molecule has 224 valence electrons. The first-order chi connectivity index (χ1) is 27.5. The Morgan fingerprint density at radius 2 is 1.02 bits per heavy atom. The summed E-state index contributed by atoms with van der Waals surface area (Å²) in [6.45, 7) is 0. The Hall–Kier alpha value is -6.59. The maximum Gasteiger partial charge on any atom is 0.167 e. The lowest BCUT2D eigenvalue weighted by atomic mass is 9.97. The lowest BCUT2D eigenvalue weighted by Crippen LogP contribution is -2.01. The van der Waals surface area contributed by atoms with E-state index in [0.29, 0.717) is 22.3 Å². The van der Waals surface area contributed by atoms with Crippen LogP contribution in [0.2, 0.25) is 0 Å². The highest BCUT2D eigenvalue weighted by Gasteiger charge is 2.22. The van der Waals surface area contributed by atoms with E-state index in [9.17, 15) is 1.37 Å². The average Bonchev–Trinajstić information content (AvgIpc) is 3.84. The van der Waals surface area contributed by atoms with Gasteiger partial charge in [-0.2, -0.15) is 0 Å². The number of para-hydroxylation sites is 2. The molecule has 0 radical (unpaired) electrons. The van der Waals surface area contributed by atoms with Gasteiger partial charge in [0.05, 0.1) is 17.9 Å². The molecule has 0 saturated heterocycles. The molecule has 0 saturated carbocycles. The number of hydrogen-bond acceptors (Lipinski definition) is 5. The zero-order valence-electron chi connectivity index (χ0n) is 33.9. The van der Waals surface area contributed by atoms with E-state index in [-0.39, 0.29) is 61.8 Å². The smallest absolute Gasteiger partial charge is 0.167 e. The summed E-state index contributed by atoms with van der Waals surface area (Å²) in [7, 11) is 0. The summed E-state index contributed by atoms with van der Waals surface area (Å²) < 4.78 is 92.0. The molecular formula is C43H25N3O2. The maximum atomic E-state index is 9.73. The Morgan fingerprint density at radius 1 is 0.417 bits per heavy atom. The van der Waals surface area contributed by atoms with Crippen molar-refractivity contribution in [1.82, 2.24) is 15.0 Å². The van der Waals surface area contributed by atoms with Gasteiger partial charge < -0.3 is 8.83 Å². The number of rotatable bonds is 4. The molecule has 0 spiro atoms. The van der Waals surface area contributed by atoms with Crippen molar-refractivity contribution in [3.63, 3.8) is 0 Å². The van der Waals surface area contributed by atoms with Gasteiger partial charge in [-0.15, -0.1) is 0 Å². The van der Waals surface area contributed by atoms with Crippen LogP contribution in [0.15, 0.2) is 160 Å². The molecule has 5 heteroatoms. The van der Waals surface area contributed by atoms with Gasteiger partial charge in [-0.1, -0.05) is 127 Å². The van der Waals surface area contributed by atoms with Crippen molar-refractivity contribution < 1.29 is 21.2 Å². The van der Waals surface area contributed by atoms with Gasteiger partial charge in [-0.3, -0.25) is 0 Å². The normalized spacial score (nSPS) is 14.4. The third kappa shape index (κ3) is 4.08. The number of nitrogens with zero attached hydrogens (tertiary/aromatic N) is 3. The quantitative estimate of drug-likeness (QED) is 0.195. The van der Waals surface area contributed by atoms with Gasteiger partial charge >= 0.3 is 0 Å². The van der Waals surface area contributed by atoms with E-state index < -0.39 is 48.3 Å². The molecule has 5 nitrogen and oxygen atoms in total. The molecule has 0 N–H and O–H groups in total. The van der Waals surface area contributed by atoms with Gasteiger partial charge in [0, 0.05) is 38.1 Å². The fourth-order valence-electron chi connectivity index (χ4n) is 6.33. The fourth-order valence-corrected chi connectivity index (χ4v) is 6.33. The standard InChI is InChI=1S/C43H25N3O2/c1-3-13-26(14-4-1)28-23-24-33(40-38(28)32-20-10-12-22-37(32)48-40)42-44-41(27-15-5-2-6-16-27)45-43(46-42)35-25-34-30-18-9-11-21-36(30)47-39(34)31-19-8-7-17-29(31)35/h1-25H/i7D,8D,9D,11D,17D,18D,19D,21D,25D. The van der Waals surface area contributed by atoms with Crippen LogP contribution in [0.5, 0.6) is 0 Å². The second-order valence-corrected chi connectivity index (χ2v) is 11.3.